The van der Waals surface area contributed by atoms with E-state index in [1.54, 1.807) is 18.3 Å². The molecule has 1 aromatic heterocycles. The Morgan fingerprint density at radius 1 is 1.46 bits per heavy atom. The van der Waals surface area contributed by atoms with E-state index >= 15 is 0 Å². The molecule has 72 valence electrons. The van der Waals surface area contributed by atoms with Crippen LogP contribution in [0.25, 0.3) is 0 Å². The van der Waals surface area contributed by atoms with Crippen molar-refractivity contribution in [3.8, 4) is 0 Å². The third-order valence-electron chi connectivity index (χ3n) is 1.27. The SMILES string of the molecule is Cc1ccnc([Se]CC(F)(F)F)c1. The third-order valence-corrected chi connectivity index (χ3v) is 3.35. The second-order valence-electron chi connectivity index (χ2n) is 2.58. The van der Waals surface area contributed by atoms with Crippen LogP contribution in [0.3, 0.4) is 0 Å². The molecule has 0 radical (unpaired) electrons. The van der Waals surface area contributed by atoms with Gasteiger partial charge in [0.05, 0.1) is 0 Å². The second-order valence-corrected chi connectivity index (χ2v) is 4.66. The predicted molar refractivity (Wildman–Crippen MR) is 45.2 cm³/mol. The van der Waals surface area contributed by atoms with Crippen LogP contribution in [0.2, 0.25) is 5.32 Å². The monoisotopic (exact) mass is 255 g/mol. The zero-order valence-electron chi connectivity index (χ0n) is 6.93. The first-order valence-corrected chi connectivity index (χ1v) is 5.66. The van der Waals surface area contributed by atoms with Gasteiger partial charge in [-0.15, -0.1) is 0 Å². The molecule has 0 aliphatic carbocycles. The van der Waals surface area contributed by atoms with Gasteiger partial charge in [-0.3, -0.25) is 0 Å². The van der Waals surface area contributed by atoms with Gasteiger partial charge in [0.15, 0.2) is 0 Å². The summed E-state index contributed by atoms with van der Waals surface area (Å²) in [6.07, 6.45) is -2.52. The van der Waals surface area contributed by atoms with E-state index in [9.17, 15) is 13.2 Å². The summed E-state index contributed by atoms with van der Waals surface area (Å²) in [6, 6.07) is 3.47. The topological polar surface area (TPSA) is 12.9 Å². The van der Waals surface area contributed by atoms with E-state index in [-0.39, 0.29) is 0 Å². The maximum atomic E-state index is 11.8. The third kappa shape index (κ3) is 4.29. The van der Waals surface area contributed by atoms with E-state index in [0.717, 1.165) is 5.56 Å². The first-order chi connectivity index (χ1) is 5.97. The molecule has 0 aromatic carbocycles. The van der Waals surface area contributed by atoms with Crippen molar-refractivity contribution >= 4 is 19.5 Å². The van der Waals surface area contributed by atoms with Gasteiger partial charge in [-0.05, 0) is 0 Å². The van der Waals surface area contributed by atoms with Gasteiger partial charge in [0.2, 0.25) is 0 Å². The van der Waals surface area contributed by atoms with Gasteiger partial charge in [0.25, 0.3) is 0 Å². The molecular weight excluding hydrogens is 246 g/mol. The Morgan fingerprint density at radius 3 is 2.69 bits per heavy atom. The summed E-state index contributed by atoms with van der Waals surface area (Å²) in [5, 5.41) is -0.740. The minimum atomic E-state index is -4.06. The summed E-state index contributed by atoms with van der Waals surface area (Å²) in [6.45, 7) is 1.84. The number of rotatable bonds is 2. The van der Waals surface area contributed by atoms with Crippen LogP contribution in [-0.2, 0) is 0 Å². The molecule has 0 saturated heterocycles. The van der Waals surface area contributed by atoms with Crippen molar-refractivity contribution in [3.63, 3.8) is 0 Å². The summed E-state index contributed by atoms with van der Waals surface area (Å²) in [4.78, 5) is 3.87. The molecule has 0 amide bonds. The first-order valence-electron chi connectivity index (χ1n) is 3.59. The van der Waals surface area contributed by atoms with E-state index in [1.807, 2.05) is 6.92 Å². The molecule has 0 aliphatic heterocycles. The predicted octanol–water partition coefficient (Wildman–Crippen LogP) is 1.70. The average Bonchev–Trinajstić information content (AvgIpc) is 2.00. The number of pyridine rings is 1. The summed E-state index contributed by atoms with van der Waals surface area (Å²) in [5.41, 5.74) is 0.953. The number of halogens is 3. The van der Waals surface area contributed by atoms with Crippen molar-refractivity contribution in [2.45, 2.75) is 18.4 Å². The van der Waals surface area contributed by atoms with Crippen LogP contribution in [0.1, 0.15) is 5.56 Å². The van der Waals surface area contributed by atoms with E-state index in [2.05, 4.69) is 4.98 Å². The van der Waals surface area contributed by atoms with E-state index < -0.39 is 26.5 Å². The van der Waals surface area contributed by atoms with E-state index in [0.29, 0.717) is 4.59 Å². The average molecular weight is 254 g/mol. The summed E-state index contributed by atoms with van der Waals surface area (Å²) in [7, 11) is 0. The van der Waals surface area contributed by atoms with Gasteiger partial charge in [0, 0.05) is 0 Å². The van der Waals surface area contributed by atoms with Crippen molar-refractivity contribution in [1.29, 1.82) is 0 Å². The van der Waals surface area contributed by atoms with Crippen molar-refractivity contribution in [1.82, 2.24) is 4.98 Å². The second kappa shape index (κ2) is 4.11. The van der Waals surface area contributed by atoms with E-state index in [4.69, 9.17) is 0 Å². The van der Waals surface area contributed by atoms with Crippen LogP contribution in [0.15, 0.2) is 18.3 Å². The quantitative estimate of drug-likeness (QED) is 0.732. The number of hydrogen-bond donors (Lipinski definition) is 0. The summed E-state index contributed by atoms with van der Waals surface area (Å²) >= 11 is -0.593. The van der Waals surface area contributed by atoms with Crippen LogP contribution < -0.4 is 4.59 Å². The summed E-state index contributed by atoms with van der Waals surface area (Å²) in [5.74, 6) is 0. The van der Waals surface area contributed by atoms with Crippen molar-refractivity contribution < 1.29 is 13.2 Å². The van der Waals surface area contributed by atoms with E-state index in [1.165, 1.54) is 0 Å². The Kier molecular flexibility index (Phi) is 3.33. The zero-order valence-corrected chi connectivity index (χ0v) is 8.64. The molecule has 1 heterocycles. The standard InChI is InChI=1S/C8H8F3NSe/c1-6-2-3-12-7(4-6)13-5-8(9,10)11/h2-4H,5H2,1H3. The Labute approximate surface area is 80.5 Å². The summed E-state index contributed by atoms with van der Waals surface area (Å²) < 4.78 is 36.0. The molecule has 0 bridgehead atoms. The van der Waals surface area contributed by atoms with Gasteiger partial charge in [-0.2, -0.15) is 0 Å². The number of aromatic nitrogens is 1. The fraction of sp³-hybridized carbons (Fsp3) is 0.375. The van der Waals surface area contributed by atoms with Gasteiger partial charge >= 0.3 is 80.0 Å². The molecule has 1 nitrogen and oxygen atoms in total. The molecule has 0 saturated carbocycles. The molecule has 0 spiro atoms. The van der Waals surface area contributed by atoms with Crippen LogP contribution in [0.5, 0.6) is 0 Å². The molecule has 0 unspecified atom stereocenters. The Hall–Kier alpha value is -0.541. The molecule has 5 heteroatoms. The number of aryl methyl sites for hydroxylation is 1. The van der Waals surface area contributed by atoms with Crippen LogP contribution in [0.4, 0.5) is 13.2 Å². The zero-order chi connectivity index (χ0) is 9.90. The number of nitrogens with zero attached hydrogens (tertiary/aromatic N) is 1. The molecule has 1 aromatic rings. The van der Waals surface area contributed by atoms with Crippen molar-refractivity contribution in [3.05, 3.63) is 23.9 Å². The molecule has 0 N–H and O–H groups in total. The molecule has 0 aliphatic rings. The van der Waals surface area contributed by atoms with Crippen LogP contribution >= 0.6 is 0 Å². The number of alkyl halides is 3. The van der Waals surface area contributed by atoms with Gasteiger partial charge in [0.1, 0.15) is 0 Å². The van der Waals surface area contributed by atoms with Gasteiger partial charge in [-0.1, -0.05) is 0 Å². The number of hydrogen-bond acceptors (Lipinski definition) is 1. The molecular formula is C8H8F3NSe. The van der Waals surface area contributed by atoms with Crippen molar-refractivity contribution in [2.24, 2.45) is 0 Å². The fourth-order valence-electron chi connectivity index (χ4n) is 0.743. The Balaban J connectivity index is 2.55. The van der Waals surface area contributed by atoms with Crippen molar-refractivity contribution in [2.75, 3.05) is 0 Å². The van der Waals surface area contributed by atoms with Gasteiger partial charge < -0.3 is 0 Å². The maximum absolute atomic E-state index is 11.8. The molecule has 0 fully saturated rings. The molecule has 1 rings (SSSR count). The van der Waals surface area contributed by atoms with Gasteiger partial charge in [-0.25, -0.2) is 0 Å². The Bertz CT molecular complexity index is 285. The normalized spacial score (nSPS) is 11.7. The Morgan fingerprint density at radius 2 is 2.15 bits per heavy atom. The minimum absolute atomic E-state index is 0.560. The van der Waals surface area contributed by atoms with Crippen LogP contribution in [-0.4, -0.2) is 26.1 Å². The fourth-order valence-corrected chi connectivity index (χ4v) is 2.25. The first kappa shape index (κ1) is 10.5. The molecule has 0 atom stereocenters. The van der Waals surface area contributed by atoms with Crippen LogP contribution in [0, 0.1) is 6.92 Å². The molecule has 13 heavy (non-hydrogen) atoms.